The minimum Gasteiger partial charge on any atom is -0.462 e. The third kappa shape index (κ3) is 1.66. The van der Waals surface area contributed by atoms with Gasteiger partial charge in [0.1, 0.15) is 6.10 Å². The number of rotatable bonds is 2. The normalized spacial score (nSPS) is 51.6. The number of hydrogen-bond donors (Lipinski definition) is 0. The fourth-order valence-electron chi connectivity index (χ4n) is 6.45. The van der Waals surface area contributed by atoms with Crippen LogP contribution in [0, 0.1) is 40.9 Å². The average molecular weight is 276 g/mol. The second-order valence-electron chi connectivity index (χ2n) is 8.65. The van der Waals surface area contributed by atoms with Gasteiger partial charge in [-0.15, -0.1) is 0 Å². The van der Waals surface area contributed by atoms with E-state index in [1.54, 1.807) is 0 Å². The lowest BCUT2D eigenvalue weighted by Gasteiger charge is -2.30. The van der Waals surface area contributed by atoms with Crippen LogP contribution in [0.2, 0.25) is 0 Å². The molecule has 20 heavy (non-hydrogen) atoms. The molecule has 4 fully saturated rings. The molecular formula is C18H28O2. The van der Waals surface area contributed by atoms with E-state index in [4.69, 9.17) is 4.74 Å². The molecule has 0 saturated heterocycles. The summed E-state index contributed by atoms with van der Waals surface area (Å²) in [6.07, 6.45) is 7.82. The van der Waals surface area contributed by atoms with E-state index in [0.29, 0.717) is 23.2 Å². The standard InChI is InChI=1S/C18H28O2/c1-10-14-6-7-15(18(14,2)3)16(10)20-17(19)13-9-11-4-5-12(13)8-11/h10-16H,4-9H2,1-3H3/t10?,11?,12?,13?,14-,15+,16+/m1/s1. The summed E-state index contributed by atoms with van der Waals surface area (Å²) in [6, 6.07) is 0. The number of ether oxygens (including phenoxy) is 1. The molecular weight excluding hydrogens is 248 g/mol. The minimum absolute atomic E-state index is 0.150. The number of fused-ring (bicyclic) bond motifs is 4. The van der Waals surface area contributed by atoms with Crippen molar-refractivity contribution >= 4 is 5.97 Å². The molecule has 0 aromatic carbocycles. The Morgan fingerprint density at radius 2 is 1.80 bits per heavy atom. The van der Waals surface area contributed by atoms with E-state index < -0.39 is 0 Å². The molecule has 7 atom stereocenters. The Morgan fingerprint density at radius 1 is 1.05 bits per heavy atom. The van der Waals surface area contributed by atoms with Gasteiger partial charge in [0.15, 0.2) is 0 Å². The van der Waals surface area contributed by atoms with Crippen LogP contribution in [-0.4, -0.2) is 12.1 Å². The molecule has 0 aromatic heterocycles. The maximum absolute atomic E-state index is 12.6. The Hall–Kier alpha value is -0.530. The van der Waals surface area contributed by atoms with Crippen molar-refractivity contribution in [2.75, 3.05) is 0 Å². The molecule has 0 amide bonds. The van der Waals surface area contributed by atoms with Gasteiger partial charge in [-0.3, -0.25) is 4.79 Å². The van der Waals surface area contributed by atoms with E-state index in [0.717, 1.165) is 18.3 Å². The third-order valence-corrected chi connectivity index (χ3v) is 7.54. The summed E-state index contributed by atoms with van der Waals surface area (Å²) in [5, 5.41) is 0. The molecule has 4 saturated carbocycles. The highest BCUT2D eigenvalue weighted by Crippen LogP contribution is 2.61. The van der Waals surface area contributed by atoms with Crippen LogP contribution in [0.3, 0.4) is 0 Å². The molecule has 0 aromatic rings. The van der Waals surface area contributed by atoms with Crippen molar-refractivity contribution in [3.05, 3.63) is 0 Å². The maximum atomic E-state index is 12.6. The van der Waals surface area contributed by atoms with Gasteiger partial charge in [-0.1, -0.05) is 27.2 Å². The molecule has 2 nitrogen and oxygen atoms in total. The van der Waals surface area contributed by atoms with Crippen molar-refractivity contribution in [3.63, 3.8) is 0 Å². The monoisotopic (exact) mass is 276 g/mol. The van der Waals surface area contributed by atoms with Crippen LogP contribution in [0.4, 0.5) is 0 Å². The molecule has 4 unspecified atom stereocenters. The van der Waals surface area contributed by atoms with Crippen molar-refractivity contribution in [1.29, 1.82) is 0 Å². The van der Waals surface area contributed by atoms with Crippen molar-refractivity contribution in [2.24, 2.45) is 40.9 Å². The molecule has 4 aliphatic rings. The number of esters is 1. The van der Waals surface area contributed by atoms with Crippen molar-refractivity contribution in [3.8, 4) is 0 Å². The van der Waals surface area contributed by atoms with Crippen molar-refractivity contribution in [1.82, 2.24) is 0 Å². The lowest BCUT2D eigenvalue weighted by molar-refractivity contribution is -0.161. The summed E-state index contributed by atoms with van der Waals surface area (Å²) in [7, 11) is 0. The van der Waals surface area contributed by atoms with E-state index in [1.165, 1.54) is 32.1 Å². The Bertz CT molecular complexity index is 427. The number of carbonyl (C=O) groups is 1. The van der Waals surface area contributed by atoms with Gasteiger partial charge in [0.2, 0.25) is 0 Å². The third-order valence-electron chi connectivity index (χ3n) is 7.54. The summed E-state index contributed by atoms with van der Waals surface area (Å²) in [4.78, 5) is 12.6. The van der Waals surface area contributed by atoms with E-state index >= 15 is 0 Å². The highest BCUT2D eigenvalue weighted by atomic mass is 16.5. The van der Waals surface area contributed by atoms with Gasteiger partial charge in [0.05, 0.1) is 5.92 Å². The van der Waals surface area contributed by atoms with Crippen molar-refractivity contribution < 1.29 is 9.53 Å². The van der Waals surface area contributed by atoms with Gasteiger partial charge in [0.25, 0.3) is 0 Å². The topological polar surface area (TPSA) is 26.3 Å². The highest BCUT2D eigenvalue weighted by molar-refractivity contribution is 5.73. The van der Waals surface area contributed by atoms with Crippen LogP contribution >= 0.6 is 0 Å². The Kier molecular flexibility index (Phi) is 2.79. The smallest absolute Gasteiger partial charge is 0.309 e. The molecule has 2 heteroatoms. The molecule has 4 aliphatic carbocycles. The minimum atomic E-state index is 0.150. The Morgan fingerprint density at radius 3 is 2.35 bits per heavy atom. The van der Waals surface area contributed by atoms with E-state index in [-0.39, 0.29) is 18.0 Å². The number of carbonyl (C=O) groups excluding carboxylic acids is 1. The van der Waals surface area contributed by atoms with Crippen LogP contribution < -0.4 is 0 Å². The largest absolute Gasteiger partial charge is 0.462 e. The first-order valence-corrected chi connectivity index (χ1v) is 8.69. The second-order valence-corrected chi connectivity index (χ2v) is 8.65. The summed E-state index contributed by atoms with van der Waals surface area (Å²) in [5.41, 5.74) is 0.374. The van der Waals surface area contributed by atoms with Crippen molar-refractivity contribution in [2.45, 2.75) is 65.4 Å². The van der Waals surface area contributed by atoms with Crippen LogP contribution in [0.1, 0.15) is 59.3 Å². The molecule has 4 rings (SSSR count). The predicted molar refractivity (Wildman–Crippen MR) is 78.0 cm³/mol. The molecule has 0 aliphatic heterocycles. The van der Waals surface area contributed by atoms with Gasteiger partial charge in [0, 0.05) is 5.92 Å². The molecule has 0 spiro atoms. The van der Waals surface area contributed by atoms with Crippen LogP contribution in [-0.2, 0) is 9.53 Å². The van der Waals surface area contributed by atoms with Gasteiger partial charge in [-0.25, -0.2) is 0 Å². The molecule has 112 valence electrons. The van der Waals surface area contributed by atoms with E-state index in [9.17, 15) is 4.79 Å². The van der Waals surface area contributed by atoms with Gasteiger partial charge in [-0.2, -0.15) is 0 Å². The van der Waals surface area contributed by atoms with Crippen LogP contribution in [0.15, 0.2) is 0 Å². The zero-order valence-electron chi connectivity index (χ0n) is 13.1. The van der Waals surface area contributed by atoms with Gasteiger partial charge < -0.3 is 4.74 Å². The zero-order valence-corrected chi connectivity index (χ0v) is 13.1. The first-order valence-electron chi connectivity index (χ1n) is 8.69. The lowest BCUT2D eigenvalue weighted by Crippen LogP contribution is -2.35. The van der Waals surface area contributed by atoms with Crippen LogP contribution in [0.5, 0.6) is 0 Å². The first kappa shape index (κ1) is 13.2. The Balaban J connectivity index is 1.46. The van der Waals surface area contributed by atoms with E-state index in [1.807, 2.05) is 0 Å². The SMILES string of the molecule is CC1[C@H]2CC[C@@H]([C@H]1OC(=O)C1CC3CCC1C3)C2(C)C. The molecule has 4 bridgehead atoms. The van der Waals surface area contributed by atoms with E-state index in [2.05, 4.69) is 20.8 Å². The quantitative estimate of drug-likeness (QED) is 0.712. The van der Waals surface area contributed by atoms with Gasteiger partial charge in [-0.05, 0) is 61.2 Å². The summed E-state index contributed by atoms with van der Waals surface area (Å²) >= 11 is 0. The average Bonchev–Trinajstić information content (AvgIpc) is 3.11. The number of hydrogen-bond acceptors (Lipinski definition) is 2. The zero-order chi connectivity index (χ0) is 14.1. The predicted octanol–water partition coefficient (Wildman–Crippen LogP) is 4.04. The summed E-state index contributed by atoms with van der Waals surface area (Å²) in [5.74, 6) is 3.78. The van der Waals surface area contributed by atoms with Gasteiger partial charge >= 0.3 is 5.97 Å². The Labute approximate surface area is 122 Å². The highest BCUT2D eigenvalue weighted by Gasteiger charge is 2.59. The maximum Gasteiger partial charge on any atom is 0.309 e. The fraction of sp³-hybridized carbons (Fsp3) is 0.944. The summed E-state index contributed by atoms with van der Waals surface area (Å²) in [6.45, 7) is 7.08. The van der Waals surface area contributed by atoms with Crippen LogP contribution in [0.25, 0.3) is 0 Å². The fourth-order valence-corrected chi connectivity index (χ4v) is 6.45. The second kappa shape index (κ2) is 4.24. The molecule has 0 radical (unpaired) electrons. The molecule has 0 N–H and O–H groups in total. The lowest BCUT2D eigenvalue weighted by atomic mass is 9.80. The summed E-state index contributed by atoms with van der Waals surface area (Å²) < 4.78 is 6.09. The first-order chi connectivity index (χ1) is 9.48. The molecule has 0 heterocycles.